The second kappa shape index (κ2) is 10.3. The van der Waals surface area contributed by atoms with Gasteiger partial charge in [0.2, 0.25) is 5.82 Å². The first-order chi connectivity index (χ1) is 17.1. The van der Waals surface area contributed by atoms with Crippen LogP contribution in [-0.2, 0) is 4.74 Å². The average Bonchev–Trinajstić information content (AvgIpc) is 3.32. The lowest BCUT2D eigenvalue weighted by molar-refractivity contribution is 0.0778. The van der Waals surface area contributed by atoms with Gasteiger partial charge in [-0.2, -0.15) is 0 Å². The van der Waals surface area contributed by atoms with Crippen molar-refractivity contribution >= 4 is 11.4 Å². The van der Waals surface area contributed by atoms with Crippen molar-refractivity contribution in [3.63, 3.8) is 0 Å². The highest BCUT2D eigenvalue weighted by molar-refractivity contribution is 5.92. The van der Waals surface area contributed by atoms with Crippen molar-refractivity contribution in [3.8, 4) is 22.4 Å². The van der Waals surface area contributed by atoms with Gasteiger partial charge in [0, 0.05) is 61.4 Å². The number of fused-ring (bicyclic) bond motifs is 1. The maximum atomic E-state index is 13.8. The van der Waals surface area contributed by atoms with Crippen LogP contribution in [0.3, 0.4) is 0 Å². The number of halogens is 1. The Bertz CT molecular complexity index is 1350. The van der Waals surface area contributed by atoms with E-state index in [1.54, 1.807) is 35.9 Å². The van der Waals surface area contributed by atoms with Crippen molar-refractivity contribution in [2.75, 3.05) is 26.3 Å². The van der Waals surface area contributed by atoms with E-state index in [1.165, 1.54) is 6.07 Å². The van der Waals surface area contributed by atoms with E-state index in [4.69, 9.17) is 4.74 Å². The number of aromatic nitrogens is 3. The molecular weight excluding hydrogens is 445 g/mol. The van der Waals surface area contributed by atoms with E-state index in [2.05, 4.69) is 20.6 Å². The number of ether oxygens (including phenoxy) is 1. The van der Waals surface area contributed by atoms with Gasteiger partial charge in [0.05, 0.1) is 17.4 Å². The summed E-state index contributed by atoms with van der Waals surface area (Å²) in [7, 11) is 0. The Morgan fingerprint density at radius 1 is 1.11 bits per heavy atom. The lowest BCUT2D eigenvalue weighted by Crippen LogP contribution is -2.40. The van der Waals surface area contributed by atoms with E-state index in [1.807, 2.05) is 30.5 Å². The molecule has 3 aromatic heterocycles. The highest BCUT2D eigenvalue weighted by atomic mass is 19.1. The Balaban J connectivity index is 1.36. The first kappa shape index (κ1) is 23.1. The third-order valence-electron chi connectivity index (χ3n) is 6.35. The summed E-state index contributed by atoms with van der Waals surface area (Å²) < 4.78 is 21.0. The summed E-state index contributed by atoms with van der Waals surface area (Å²) in [5, 5.41) is 6.43. The van der Waals surface area contributed by atoms with Gasteiger partial charge < -0.3 is 15.4 Å². The molecule has 0 unspecified atom stereocenters. The number of carbonyl (C=O) groups is 1. The number of imidazole rings is 1. The van der Waals surface area contributed by atoms with Gasteiger partial charge >= 0.3 is 0 Å². The van der Waals surface area contributed by atoms with Gasteiger partial charge in [-0.3, -0.25) is 14.2 Å². The molecule has 1 amide bonds. The fraction of sp³-hybridized carbons (Fsp3) is 0.296. The van der Waals surface area contributed by atoms with Gasteiger partial charge in [0.25, 0.3) is 5.91 Å². The van der Waals surface area contributed by atoms with Crippen LogP contribution in [-0.4, -0.2) is 52.6 Å². The molecule has 0 spiro atoms. The average molecular weight is 474 g/mol. The number of rotatable bonds is 7. The second-order valence-electron chi connectivity index (χ2n) is 8.75. The zero-order valence-electron chi connectivity index (χ0n) is 19.6. The van der Waals surface area contributed by atoms with Crippen LogP contribution in [0.2, 0.25) is 0 Å². The molecule has 1 fully saturated rings. The SMILES string of the molecule is Cc1cc(-c2ncccc2-c2ccc3cnc(C(=O)NCCNC4CCOCC4)n3c2)ccc1F. The number of hydrogen-bond acceptors (Lipinski definition) is 5. The summed E-state index contributed by atoms with van der Waals surface area (Å²) in [6.45, 7) is 4.52. The number of hydrogen-bond donors (Lipinski definition) is 2. The predicted octanol–water partition coefficient (Wildman–Crippen LogP) is 4.01. The van der Waals surface area contributed by atoms with E-state index in [9.17, 15) is 9.18 Å². The van der Waals surface area contributed by atoms with E-state index in [-0.39, 0.29) is 11.7 Å². The Morgan fingerprint density at radius 3 is 2.77 bits per heavy atom. The van der Waals surface area contributed by atoms with E-state index < -0.39 is 0 Å². The zero-order valence-corrected chi connectivity index (χ0v) is 19.6. The van der Waals surface area contributed by atoms with E-state index >= 15 is 0 Å². The number of pyridine rings is 2. The minimum Gasteiger partial charge on any atom is -0.381 e. The molecule has 2 N–H and O–H groups in total. The smallest absolute Gasteiger partial charge is 0.287 e. The van der Waals surface area contributed by atoms with Crippen LogP contribution in [0.25, 0.3) is 27.9 Å². The zero-order chi connectivity index (χ0) is 24.2. The second-order valence-corrected chi connectivity index (χ2v) is 8.75. The summed E-state index contributed by atoms with van der Waals surface area (Å²) in [5.74, 6) is -0.142. The van der Waals surface area contributed by atoms with Gasteiger partial charge in [-0.1, -0.05) is 12.1 Å². The molecule has 0 radical (unpaired) electrons. The summed E-state index contributed by atoms with van der Waals surface area (Å²) in [6, 6.07) is 13.2. The normalized spacial score (nSPS) is 14.3. The molecule has 7 nitrogen and oxygen atoms in total. The maximum Gasteiger partial charge on any atom is 0.287 e. The molecule has 0 aliphatic carbocycles. The standard InChI is InChI=1S/C27H28FN5O2/c1-18-15-19(5-7-24(18)28)25-23(3-2-10-30-25)20-4-6-22-16-32-26(33(22)17-20)27(34)31-12-11-29-21-8-13-35-14-9-21/h2-7,10,15-17,21,29H,8-9,11-14H2,1H3,(H,31,34). The van der Waals surface area contributed by atoms with Crippen molar-refractivity contribution in [1.82, 2.24) is 25.0 Å². The molecule has 1 aliphatic heterocycles. The summed E-state index contributed by atoms with van der Waals surface area (Å²) in [6.07, 6.45) is 7.30. The highest BCUT2D eigenvalue weighted by Crippen LogP contribution is 2.31. The molecule has 180 valence electrons. The molecule has 0 atom stereocenters. The van der Waals surface area contributed by atoms with Crippen molar-refractivity contribution in [2.24, 2.45) is 0 Å². The summed E-state index contributed by atoms with van der Waals surface area (Å²) >= 11 is 0. The Hall–Kier alpha value is -3.62. The van der Waals surface area contributed by atoms with Crippen LogP contribution >= 0.6 is 0 Å². The first-order valence-corrected chi connectivity index (χ1v) is 11.9. The molecule has 1 aliphatic rings. The van der Waals surface area contributed by atoms with Crippen LogP contribution in [0.4, 0.5) is 4.39 Å². The molecule has 8 heteroatoms. The van der Waals surface area contributed by atoms with Crippen LogP contribution < -0.4 is 10.6 Å². The summed E-state index contributed by atoms with van der Waals surface area (Å²) in [4.78, 5) is 21.8. The lowest BCUT2D eigenvalue weighted by Gasteiger charge is -2.23. The molecule has 4 aromatic rings. The topological polar surface area (TPSA) is 80.5 Å². The van der Waals surface area contributed by atoms with Crippen molar-refractivity contribution < 1.29 is 13.9 Å². The lowest BCUT2D eigenvalue weighted by atomic mass is 9.99. The third-order valence-corrected chi connectivity index (χ3v) is 6.35. The number of nitrogens with one attached hydrogen (secondary N) is 2. The van der Waals surface area contributed by atoms with Crippen molar-refractivity contribution in [3.05, 3.63) is 78.3 Å². The minimum atomic E-state index is -0.246. The third kappa shape index (κ3) is 5.08. The maximum absolute atomic E-state index is 13.8. The van der Waals surface area contributed by atoms with Crippen molar-refractivity contribution in [2.45, 2.75) is 25.8 Å². The Morgan fingerprint density at radius 2 is 1.94 bits per heavy atom. The minimum absolute atomic E-state index is 0.225. The Labute approximate surface area is 203 Å². The number of benzene rings is 1. The van der Waals surface area contributed by atoms with Gasteiger partial charge in [0.1, 0.15) is 5.82 Å². The van der Waals surface area contributed by atoms with Gasteiger partial charge in [-0.15, -0.1) is 0 Å². The van der Waals surface area contributed by atoms with E-state index in [0.717, 1.165) is 54.0 Å². The number of carbonyl (C=O) groups excluding carboxylic acids is 1. The van der Waals surface area contributed by atoms with Gasteiger partial charge in [0.15, 0.2) is 0 Å². The quantitative estimate of drug-likeness (QED) is 0.397. The highest BCUT2D eigenvalue weighted by Gasteiger charge is 2.16. The summed E-state index contributed by atoms with van der Waals surface area (Å²) in [5.41, 5.74) is 4.74. The molecule has 1 saturated heterocycles. The van der Waals surface area contributed by atoms with Crippen LogP contribution in [0.1, 0.15) is 29.0 Å². The van der Waals surface area contributed by atoms with Crippen LogP contribution in [0.5, 0.6) is 0 Å². The van der Waals surface area contributed by atoms with Gasteiger partial charge in [-0.25, -0.2) is 9.37 Å². The molecule has 0 bridgehead atoms. The van der Waals surface area contributed by atoms with Crippen LogP contribution in [0, 0.1) is 12.7 Å². The molecule has 1 aromatic carbocycles. The van der Waals surface area contributed by atoms with Crippen LogP contribution in [0.15, 0.2) is 61.1 Å². The number of aryl methyl sites for hydroxylation is 1. The first-order valence-electron chi connectivity index (χ1n) is 11.9. The number of amides is 1. The molecule has 35 heavy (non-hydrogen) atoms. The largest absolute Gasteiger partial charge is 0.381 e. The predicted molar refractivity (Wildman–Crippen MR) is 133 cm³/mol. The van der Waals surface area contributed by atoms with E-state index in [0.29, 0.717) is 30.5 Å². The molecule has 0 saturated carbocycles. The fourth-order valence-corrected chi connectivity index (χ4v) is 4.41. The number of nitrogens with zero attached hydrogens (tertiary/aromatic N) is 3. The fourth-order valence-electron chi connectivity index (χ4n) is 4.41. The van der Waals surface area contributed by atoms with Gasteiger partial charge in [-0.05, 0) is 55.7 Å². The van der Waals surface area contributed by atoms with Crippen molar-refractivity contribution in [1.29, 1.82) is 0 Å². The molecule has 5 rings (SSSR count). The monoisotopic (exact) mass is 473 g/mol. The molecule has 4 heterocycles. The Kier molecular flexibility index (Phi) is 6.83. The molecular formula is C27H28FN5O2.